The van der Waals surface area contributed by atoms with Crippen molar-refractivity contribution in [2.45, 2.75) is 37.6 Å². The Hall–Kier alpha value is -1.68. The van der Waals surface area contributed by atoms with Crippen LogP contribution in [0.1, 0.15) is 43.5 Å². The lowest BCUT2D eigenvalue weighted by Crippen LogP contribution is -2.04. The Morgan fingerprint density at radius 3 is 2.62 bits per heavy atom. The fourth-order valence-corrected chi connectivity index (χ4v) is 3.09. The summed E-state index contributed by atoms with van der Waals surface area (Å²) < 4.78 is 7.46. The molecule has 2 aliphatic rings. The smallest absolute Gasteiger partial charge is 0.137 e. The number of nitrogen functional groups attached to an aromatic ring is 1. The largest absolute Gasteiger partial charge is 0.495 e. The second-order valence-electron chi connectivity index (χ2n) is 5.93. The van der Waals surface area contributed by atoms with E-state index >= 15 is 0 Å². The lowest BCUT2D eigenvalue weighted by Gasteiger charge is -2.08. The molecule has 0 bridgehead atoms. The van der Waals surface area contributed by atoms with E-state index in [0.29, 0.717) is 22.7 Å². The molecule has 0 radical (unpaired) electrons. The maximum atomic E-state index is 6.39. The summed E-state index contributed by atoms with van der Waals surface area (Å²) in [5.41, 5.74) is 8.20. The molecule has 0 unspecified atom stereocenters. The van der Waals surface area contributed by atoms with Gasteiger partial charge in [-0.05, 0) is 43.9 Å². The number of benzene rings is 1. The minimum absolute atomic E-state index is 0.551. The summed E-state index contributed by atoms with van der Waals surface area (Å²) in [5, 5.41) is 0.586. The summed E-state index contributed by atoms with van der Waals surface area (Å²) in [7, 11) is 1.61. The maximum Gasteiger partial charge on any atom is 0.137 e. The molecule has 0 amide bonds. The molecule has 2 N–H and O–H groups in total. The van der Waals surface area contributed by atoms with Gasteiger partial charge in [-0.2, -0.15) is 0 Å². The number of aromatic nitrogens is 2. The monoisotopic (exact) mass is 303 g/mol. The summed E-state index contributed by atoms with van der Waals surface area (Å²) in [6.45, 7) is 0. The number of nitrogens with zero attached hydrogens (tertiary/aromatic N) is 2. The van der Waals surface area contributed by atoms with E-state index in [-0.39, 0.29) is 0 Å². The zero-order valence-electron chi connectivity index (χ0n) is 12.0. The number of halogens is 1. The summed E-state index contributed by atoms with van der Waals surface area (Å²) in [4.78, 5) is 4.84. The van der Waals surface area contributed by atoms with E-state index < -0.39 is 0 Å². The summed E-state index contributed by atoms with van der Waals surface area (Å²) in [6, 6.07) is 6.27. The Balaban J connectivity index is 1.81. The Labute approximate surface area is 128 Å². The molecule has 5 heteroatoms. The van der Waals surface area contributed by atoms with Crippen molar-refractivity contribution < 1.29 is 4.74 Å². The molecule has 1 aromatic heterocycles. The highest BCUT2D eigenvalue weighted by Crippen LogP contribution is 2.48. The Morgan fingerprint density at radius 1 is 1.29 bits per heavy atom. The van der Waals surface area contributed by atoms with Gasteiger partial charge in [0.2, 0.25) is 0 Å². The first-order valence-corrected chi connectivity index (χ1v) is 7.78. The number of imidazole rings is 1. The van der Waals surface area contributed by atoms with Crippen LogP contribution >= 0.6 is 11.6 Å². The topological polar surface area (TPSA) is 53.1 Å². The maximum absolute atomic E-state index is 6.39. The molecule has 1 heterocycles. The average molecular weight is 304 g/mol. The van der Waals surface area contributed by atoms with Crippen LogP contribution in [0, 0.1) is 0 Å². The Morgan fingerprint density at radius 2 is 2.05 bits per heavy atom. The van der Waals surface area contributed by atoms with Crippen molar-refractivity contribution in [1.82, 2.24) is 9.55 Å². The van der Waals surface area contributed by atoms with Crippen LogP contribution in [-0.4, -0.2) is 16.7 Å². The van der Waals surface area contributed by atoms with E-state index in [1.807, 2.05) is 18.2 Å². The number of ether oxygens (including phenoxy) is 1. The molecule has 110 valence electrons. The standard InChI is InChI=1S/C16H18ClN3O/c1-21-13-7-4-10(8-12(13)17)14-15(18)20(11-5-6-11)16(19-14)9-2-3-9/h4,7-9,11H,2-3,5-6,18H2,1H3. The van der Waals surface area contributed by atoms with Gasteiger partial charge in [0.05, 0.1) is 12.1 Å². The van der Waals surface area contributed by atoms with Crippen LogP contribution in [0.3, 0.4) is 0 Å². The van der Waals surface area contributed by atoms with E-state index in [1.54, 1.807) is 7.11 Å². The molecular weight excluding hydrogens is 286 g/mol. The first-order valence-electron chi connectivity index (χ1n) is 7.40. The molecule has 2 aliphatic carbocycles. The molecule has 2 saturated carbocycles. The third kappa shape index (κ3) is 2.18. The van der Waals surface area contributed by atoms with Crippen molar-refractivity contribution in [3.8, 4) is 17.0 Å². The molecule has 0 atom stereocenters. The van der Waals surface area contributed by atoms with Crippen molar-refractivity contribution >= 4 is 17.4 Å². The molecule has 4 rings (SSSR count). The average Bonchev–Trinajstić information content (AvgIpc) is 3.36. The van der Waals surface area contributed by atoms with Crippen LogP contribution < -0.4 is 10.5 Å². The van der Waals surface area contributed by atoms with Gasteiger partial charge < -0.3 is 15.0 Å². The highest BCUT2D eigenvalue weighted by Gasteiger charge is 2.36. The van der Waals surface area contributed by atoms with E-state index in [1.165, 1.54) is 25.7 Å². The molecule has 0 spiro atoms. The van der Waals surface area contributed by atoms with Crippen LogP contribution in [0.2, 0.25) is 5.02 Å². The molecule has 4 nitrogen and oxygen atoms in total. The highest BCUT2D eigenvalue weighted by molar-refractivity contribution is 6.32. The number of hydrogen-bond acceptors (Lipinski definition) is 3. The van der Waals surface area contributed by atoms with E-state index in [0.717, 1.165) is 22.9 Å². The molecule has 0 saturated heterocycles. The highest BCUT2D eigenvalue weighted by atomic mass is 35.5. The number of nitrogens with two attached hydrogens (primary N) is 1. The first kappa shape index (κ1) is 13.0. The molecule has 1 aromatic carbocycles. The lowest BCUT2D eigenvalue weighted by atomic mass is 10.1. The Bertz CT molecular complexity index is 702. The number of hydrogen-bond donors (Lipinski definition) is 1. The molecule has 21 heavy (non-hydrogen) atoms. The second kappa shape index (κ2) is 4.67. The zero-order valence-corrected chi connectivity index (χ0v) is 12.7. The molecule has 0 aliphatic heterocycles. The van der Waals surface area contributed by atoms with Crippen molar-refractivity contribution in [3.05, 3.63) is 29.0 Å². The van der Waals surface area contributed by atoms with E-state index in [2.05, 4.69) is 4.57 Å². The zero-order chi connectivity index (χ0) is 14.6. The van der Waals surface area contributed by atoms with E-state index in [4.69, 9.17) is 27.1 Å². The van der Waals surface area contributed by atoms with Crippen LogP contribution in [0.15, 0.2) is 18.2 Å². The molecular formula is C16H18ClN3O. The van der Waals surface area contributed by atoms with Crippen LogP contribution in [0.4, 0.5) is 5.82 Å². The van der Waals surface area contributed by atoms with Gasteiger partial charge in [0.1, 0.15) is 23.1 Å². The van der Waals surface area contributed by atoms with Crippen LogP contribution in [-0.2, 0) is 0 Å². The van der Waals surface area contributed by atoms with Gasteiger partial charge in [0, 0.05) is 17.5 Å². The fraction of sp³-hybridized carbons (Fsp3) is 0.438. The van der Waals surface area contributed by atoms with Gasteiger partial charge >= 0.3 is 0 Å². The third-order valence-corrected chi connectivity index (χ3v) is 4.55. The van der Waals surface area contributed by atoms with Gasteiger partial charge in [-0.1, -0.05) is 11.6 Å². The van der Waals surface area contributed by atoms with Crippen molar-refractivity contribution in [2.24, 2.45) is 0 Å². The van der Waals surface area contributed by atoms with Crippen LogP contribution in [0.5, 0.6) is 5.75 Å². The fourth-order valence-electron chi connectivity index (χ4n) is 2.84. The number of rotatable bonds is 4. The van der Waals surface area contributed by atoms with Crippen molar-refractivity contribution in [1.29, 1.82) is 0 Å². The predicted molar refractivity (Wildman–Crippen MR) is 83.9 cm³/mol. The normalized spacial score (nSPS) is 18.0. The minimum atomic E-state index is 0.551. The predicted octanol–water partition coefficient (Wildman–Crippen LogP) is 4.01. The SMILES string of the molecule is COc1ccc(-c2nc(C3CC3)n(C3CC3)c2N)cc1Cl. The molecule has 2 aromatic rings. The third-order valence-electron chi connectivity index (χ3n) is 4.26. The Kier molecular flexibility index (Phi) is 2.89. The number of methoxy groups -OCH3 is 1. The van der Waals surface area contributed by atoms with E-state index in [9.17, 15) is 0 Å². The van der Waals surface area contributed by atoms with Gasteiger partial charge in [-0.25, -0.2) is 4.98 Å². The van der Waals surface area contributed by atoms with Gasteiger partial charge in [-0.3, -0.25) is 0 Å². The van der Waals surface area contributed by atoms with Gasteiger partial charge in [0.25, 0.3) is 0 Å². The minimum Gasteiger partial charge on any atom is -0.495 e. The first-order chi connectivity index (χ1) is 10.2. The molecule has 2 fully saturated rings. The summed E-state index contributed by atoms with van der Waals surface area (Å²) >= 11 is 6.23. The summed E-state index contributed by atoms with van der Waals surface area (Å²) in [5.74, 6) is 3.20. The van der Waals surface area contributed by atoms with Crippen LogP contribution in [0.25, 0.3) is 11.3 Å². The number of anilines is 1. The lowest BCUT2D eigenvalue weighted by molar-refractivity contribution is 0.415. The summed E-state index contributed by atoms with van der Waals surface area (Å²) in [6.07, 6.45) is 4.88. The second-order valence-corrected chi connectivity index (χ2v) is 6.34. The quantitative estimate of drug-likeness (QED) is 0.928. The van der Waals surface area contributed by atoms with Crippen molar-refractivity contribution in [3.63, 3.8) is 0 Å². The van der Waals surface area contributed by atoms with Gasteiger partial charge in [-0.15, -0.1) is 0 Å². The van der Waals surface area contributed by atoms with Gasteiger partial charge in [0.15, 0.2) is 0 Å². The van der Waals surface area contributed by atoms with Crippen molar-refractivity contribution in [2.75, 3.05) is 12.8 Å².